The molecule has 82 valence electrons. The van der Waals surface area contributed by atoms with Gasteiger partial charge in [-0.25, -0.2) is 9.67 Å². The molecule has 7 heteroatoms. The van der Waals surface area contributed by atoms with Crippen LogP contribution in [0.2, 0.25) is 0 Å². The van der Waals surface area contributed by atoms with Crippen molar-refractivity contribution in [2.45, 2.75) is 12.3 Å². The van der Waals surface area contributed by atoms with Crippen LogP contribution in [0.1, 0.15) is 22.5 Å². The van der Waals surface area contributed by atoms with Crippen molar-refractivity contribution in [3.05, 3.63) is 29.0 Å². The van der Waals surface area contributed by atoms with Crippen molar-refractivity contribution in [1.29, 1.82) is 0 Å². The summed E-state index contributed by atoms with van der Waals surface area (Å²) in [6.07, 6.45) is 1.91. The Kier molecular flexibility index (Phi) is 1.76. The summed E-state index contributed by atoms with van der Waals surface area (Å²) in [6.45, 7) is 0. The zero-order valence-corrected chi connectivity index (χ0v) is 8.67. The maximum Gasteiger partial charge on any atom is 0.297 e. The van der Waals surface area contributed by atoms with Crippen LogP contribution in [0.5, 0.6) is 0 Å². The monoisotopic (exact) mass is 241 g/mol. The number of alkyl halides is 2. The Balaban J connectivity index is 2.25. The molecule has 1 aliphatic carbocycles. The number of hydrogen-bond acceptors (Lipinski definition) is 4. The molecule has 4 nitrogen and oxygen atoms in total. The van der Waals surface area contributed by atoms with Crippen molar-refractivity contribution in [2.24, 2.45) is 0 Å². The van der Waals surface area contributed by atoms with Crippen LogP contribution < -0.4 is 0 Å². The highest BCUT2D eigenvalue weighted by Gasteiger charge is 2.48. The van der Waals surface area contributed by atoms with E-state index in [1.807, 2.05) is 0 Å². The molecule has 0 aromatic carbocycles. The number of ketones is 1. The molecule has 0 bridgehead atoms. The summed E-state index contributed by atoms with van der Waals surface area (Å²) < 4.78 is 28.2. The van der Waals surface area contributed by atoms with E-state index in [9.17, 15) is 13.6 Å². The Bertz CT molecular complexity index is 561. The first-order valence-corrected chi connectivity index (χ1v) is 5.37. The van der Waals surface area contributed by atoms with Gasteiger partial charge in [0.05, 0.1) is 18.2 Å². The lowest BCUT2D eigenvalue weighted by Crippen LogP contribution is -2.15. The van der Waals surface area contributed by atoms with Gasteiger partial charge in [0, 0.05) is 11.6 Å². The van der Waals surface area contributed by atoms with E-state index in [0.29, 0.717) is 5.13 Å². The van der Waals surface area contributed by atoms with Gasteiger partial charge in [0.1, 0.15) is 5.69 Å². The smallest absolute Gasteiger partial charge is 0.294 e. The average molecular weight is 241 g/mol. The molecule has 2 heterocycles. The predicted molar refractivity (Wildman–Crippen MR) is 52.1 cm³/mol. The predicted octanol–water partition coefficient (Wildman–Crippen LogP) is 2.01. The molecule has 0 radical (unpaired) electrons. The number of halogens is 2. The van der Waals surface area contributed by atoms with Gasteiger partial charge >= 0.3 is 0 Å². The Hall–Kier alpha value is -1.63. The fraction of sp³-hybridized carbons (Fsp3) is 0.222. The quantitative estimate of drug-likeness (QED) is 0.767. The van der Waals surface area contributed by atoms with E-state index in [2.05, 4.69) is 10.1 Å². The van der Waals surface area contributed by atoms with Crippen LogP contribution in [0, 0.1) is 0 Å². The van der Waals surface area contributed by atoms with Crippen LogP contribution in [-0.4, -0.2) is 20.5 Å². The normalized spacial score (nSPS) is 17.8. The lowest BCUT2D eigenvalue weighted by Gasteiger charge is -2.09. The third-order valence-electron chi connectivity index (χ3n) is 2.40. The van der Waals surface area contributed by atoms with Crippen LogP contribution in [-0.2, 0) is 5.92 Å². The zero-order valence-electron chi connectivity index (χ0n) is 7.85. The second kappa shape index (κ2) is 2.94. The standard InChI is InChI=1S/C9H5F2N3OS/c10-9(11)3-6(15)5-4-13-14(7(5)9)8-12-1-2-16-8/h1-2,4H,3H2. The Morgan fingerprint density at radius 1 is 1.50 bits per heavy atom. The minimum absolute atomic E-state index is 0.000185. The molecule has 16 heavy (non-hydrogen) atoms. The summed E-state index contributed by atoms with van der Waals surface area (Å²) in [6, 6.07) is 0. The van der Waals surface area contributed by atoms with E-state index in [4.69, 9.17) is 0 Å². The minimum atomic E-state index is -3.14. The van der Waals surface area contributed by atoms with Gasteiger partial charge in [0.15, 0.2) is 5.78 Å². The maximum absolute atomic E-state index is 13.6. The molecule has 0 atom stereocenters. The number of Topliss-reactive ketones (excluding diaryl/α,β-unsaturated/α-hetero) is 1. The molecule has 0 saturated heterocycles. The average Bonchev–Trinajstić information content (AvgIpc) is 2.88. The van der Waals surface area contributed by atoms with Gasteiger partial charge in [-0.15, -0.1) is 11.3 Å². The van der Waals surface area contributed by atoms with E-state index < -0.39 is 18.1 Å². The zero-order chi connectivity index (χ0) is 11.3. The summed E-state index contributed by atoms with van der Waals surface area (Å²) >= 11 is 1.19. The van der Waals surface area contributed by atoms with E-state index >= 15 is 0 Å². The van der Waals surface area contributed by atoms with Gasteiger partial charge in [-0.2, -0.15) is 13.9 Å². The SMILES string of the molecule is O=C1CC(F)(F)c2c1cnn2-c1nccs1. The number of fused-ring (bicyclic) bond motifs is 1. The fourth-order valence-electron chi connectivity index (χ4n) is 1.75. The molecule has 2 aromatic heterocycles. The van der Waals surface area contributed by atoms with Crippen molar-refractivity contribution in [1.82, 2.24) is 14.8 Å². The van der Waals surface area contributed by atoms with Crippen molar-refractivity contribution < 1.29 is 13.6 Å². The van der Waals surface area contributed by atoms with Gasteiger partial charge in [0.25, 0.3) is 5.92 Å². The highest BCUT2D eigenvalue weighted by molar-refractivity contribution is 7.12. The molecule has 0 spiro atoms. The molecular formula is C9H5F2N3OS. The maximum atomic E-state index is 13.6. The molecule has 0 unspecified atom stereocenters. The van der Waals surface area contributed by atoms with Crippen LogP contribution in [0.4, 0.5) is 8.78 Å². The van der Waals surface area contributed by atoms with E-state index in [0.717, 1.165) is 4.68 Å². The van der Waals surface area contributed by atoms with Crippen molar-refractivity contribution in [3.63, 3.8) is 0 Å². The third kappa shape index (κ3) is 1.15. The molecule has 2 aromatic rings. The Labute approximate surface area is 92.5 Å². The Morgan fingerprint density at radius 3 is 3.00 bits per heavy atom. The molecular weight excluding hydrogens is 236 g/mol. The van der Waals surface area contributed by atoms with E-state index in [-0.39, 0.29) is 11.3 Å². The lowest BCUT2D eigenvalue weighted by atomic mass is 10.3. The van der Waals surface area contributed by atoms with Crippen LogP contribution in [0.15, 0.2) is 17.8 Å². The fourth-order valence-corrected chi connectivity index (χ4v) is 2.35. The number of nitrogens with zero attached hydrogens (tertiary/aromatic N) is 3. The summed E-state index contributed by atoms with van der Waals surface area (Å²) in [7, 11) is 0. The van der Waals surface area contributed by atoms with Crippen molar-refractivity contribution in [3.8, 4) is 5.13 Å². The number of carbonyl (C=O) groups is 1. The van der Waals surface area contributed by atoms with Gasteiger partial charge in [-0.3, -0.25) is 4.79 Å². The molecule has 0 aliphatic heterocycles. The van der Waals surface area contributed by atoms with Crippen molar-refractivity contribution in [2.75, 3.05) is 0 Å². The van der Waals surface area contributed by atoms with E-state index in [1.54, 1.807) is 5.38 Å². The van der Waals surface area contributed by atoms with Gasteiger partial charge in [-0.05, 0) is 0 Å². The molecule has 0 amide bonds. The summed E-state index contributed by atoms with van der Waals surface area (Å²) in [5.41, 5.74) is -0.340. The van der Waals surface area contributed by atoms with Crippen LogP contribution >= 0.6 is 11.3 Å². The van der Waals surface area contributed by atoms with Gasteiger partial charge < -0.3 is 0 Å². The first kappa shape index (κ1) is 9.59. The highest BCUT2D eigenvalue weighted by Crippen LogP contribution is 2.42. The molecule has 0 N–H and O–H groups in total. The van der Waals surface area contributed by atoms with Gasteiger partial charge in [0.2, 0.25) is 5.13 Å². The number of thiazole rings is 1. The second-order valence-electron chi connectivity index (χ2n) is 3.44. The Morgan fingerprint density at radius 2 is 2.31 bits per heavy atom. The topological polar surface area (TPSA) is 47.8 Å². The van der Waals surface area contributed by atoms with E-state index in [1.165, 1.54) is 23.7 Å². The first-order valence-electron chi connectivity index (χ1n) is 4.49. The van der Waals surface area contributed by atoms with Gasteiger partial charge in [-0.1, -0.05) is 0 Å². The summed E-state index contributed by atoms with van der Waals surface area (Å²) in [4.78, 5) is 15.2. The third-order valence-corrected chi connectivity index (χ3v) is 3.15. The number of hydrogen-bond donors (Lipinski definition) is 0. The highest BCUT2D eigenvalue weighted by atomic mass is 32.1. The molecule has 3 rings (SSSR count). The molecule has 0 saturated carbocycles. The molecule has 1 aliphatic rings. The summed E-state index contributed by atoms with van der Waals surface area (Å²) in [5, 5.41) is 5.80. The minimum Gasteiger partial charge on any atom is -0.294 e. The van der Waals surface area contributed by atoms with Crippen LogP contribution in [0.3, 0.4) is 0 Å². The summed E-state index contributed by atoms with van der Waals surface area (Å²) in [5.74, 6) is -3.71. The van der Waals surface area contributed by atoms with Crippen LogP contribution in [0.25, 0.3) is 5.13 Å². The second-order valence-corrected chi connectivity index (χ2v) is 4.31. The number of aromatic nitrogens is 3. The lowest BCUT2D eigenvalue weighted by molar-refractivity contribution is -0.00532. The largest absolute Gasteiger partial charge is 0.297 e. The van der Waals surface area contributed by atoms with Crippen molar-refractivity contribution >= 4 is 17.1 Å². The number of rotatable bonds is 1. The first-order chi connectivity index (χ1) is 7.59. The molecule has 0 fully saturated rings. The number of carbonyl (C=O) groups excluding carboxylic acids is 1.